The van der Waals surface area contributed by atoms with E-state index in [0.717, 1.165) is 22.9 Å². The second-order valence-corrected chi connectivity index (χ2v) is 6.41. The Kier molecular flexibility index (Phi) is 4.70. The van der Waals surface area contributed by atoms with Crippen LogP contribution in [0.4, 0.5) is 13.2 Å². The molecule has 0 heterocycles. The Balaban J connectivity index is 2.40. The molecule has 2 rings (SSSR count). The molecule has 3 nitrogen and oxygen atoms in total. The minimum Gasteiger partial charge on any atom is -0.376 e. The van der Waals surface area contributed by atoms with E-state index in [4.69, 9.17) is 0 Å². The first kappa shape index (κ1) is 17.3. The average Bonchev–Trinajstić information content (AvgIpc) is 2.47. The maximum absolute atomic E-state index is 12.3. The number of hydrogen-bond donors (Lipinski definition) is 0. The first-order valence-electron chi connectivity index (χ1n) is 6.88. The van der Waals surface area contributed by atoms with E-state index < -0.39 is 15.6 Å². The summed E-state index contributed by atoms with van der Waals surface area (Å²) >= 11 is 0. The van der Waals surface area contributed by atoms with E-state index in [9.17, 15) is 21.6 Å². The van der Waals surface area contributed by atoms with Crippen molar-refractivity contribution in [2.75, 3.05) is 0 Å². The second kappa shape index (κ2) is 6.23. The zero-order chi connectivity index (χ0) is 17.3. The van der Waals surface area contributed by atoms with Gasteiger partial charge in [0.05, 0.1) is 0 Å². The van der Waals surface area contributed by atoms with Gasteiger partial charge in [-0.25, -0.2) is 0 Å². The molecule has 0 unspecified atom stereocenters. The van der Waals surface area contributed by atoms with Crippen molar-refractivity contribution in [1.82, 2.24) is 0 Å². The highest BCUT2D eigenvalue weighted by atomic mass is 32.2. The average molecular weight is 344 g/mol. The molecule has 0 bridgehead atoms. The molecule has 0 amide bonds. The summed E-state index contributed by atoms with van der Waals surface area (Å²) in [5.74, 6) is -0.371. The summed E-state index contributed by atoms with van der Waals surface area (Å²) < 4.78 is 63.2. The molecule has 0 aromatic heterocycles. The molecule has 2 aromatic rings. The predicted molar refractivity (Wildman–Crippen MR) is 83.5 cm³/mol. The van der Waals surface area contributed by atoms with Crippen LogP contribution in [0.5, 0.6) is 5.75 Å². The van der Waals surface area contributed by atoms with Crippen molar-refractivity contribution in [2.24, 2.45) is 0 Å². The van der Waals surface area contributed by atoms with E-state index in [-0.39, 0.29) is 5.75 Å². The number of rotatable bonds is 4. The highest BCUT2D eigenvalue weighted by Gasteiger charge is 2.48. The smallest absolute Gasteiger partial charge is 0.376 e. The highest BCUT2D eigenvalue weighted by molar-refractivity contribution is 7.88. The lowest BCUT2D eigenvalue weighted by molar-refractivity contribution is -0.0500. The summed E-state index contributed by atoms with van der Waals surface area (Å²) in [6.07, 6.45) is 2.85. The number of halogens is 3. The SMILES string of the molecule is C/C=C(/CC)c1ccc2cc(OS(=O)(=O)C(F)(F)F)ccc2c1. The monoisotopic (exact) mass is 344 g/mol. The van der Waals surface area contributed by atoms with Gasteiger partial charge >= 0.3 is 15.6 Å². The Bertz CT molecular complexity index is 852. The quantitative estimate of drug-likeness (QED) is 0.586. The number of allylic oxidation sites excluding steroid dienone is 2. The largest absolute Gasteiger partial charge is 0.534 e. The molecule has 2 aromatic carbocycles. The maximum atomic E-state index is 12.3. The topological polar surface area (TPSA) is 43.4 Å². The minimum atomic E-state index is -5.66. The molecule has 7 heteroatoms. The Hall–Kier alpha value is -2.02. The lowest BCUT2D eigenvalue weighted by Gasteiger charge is -2.11. The second-order valence-electron chi connectivity index (χ2n) is 4.87. The molecule has 0 saturated heterocycles. The predicted octanol–water partition coefficient (Wildman–Crippen LogP) is 4.88. The van der Waals surface area contributed by atoms with Gasteiger partial charge in [0.15, 0.2) is 0 Å². The molecule has 23 heavy (non-hydrogen) atoms. The molecule has 0 aliphatic carbocycles. The van der Waals surface area contributed by atoms with E-state index in [1.807, 2.05) is 32.1 Å². The van der Waals surface area contributed by atoms with Gasteiger partial charge in [0.25, 0.3) is 0 Å². The lowest BCUT2D eigenvalue weighted by atomic mass is 9.99. The summed E-state index contributed by atoms with van der Waals surface area (Å²) in [6.45, 7) is 3.96. The van der Waals surface area contributed by atoms with Gasteiger partial charge in [0.2, 0.25) is 0 Å². The van der Waals surface area contributed by atoms with Crippen LogP contribution in [0, 0.1) is 0 Å². The van der Waals surface area contributed by atoms with E-state index in [0.29, 0.717) is 5.39 Å². The van der Waals surface area contributed by atoms with Gasteiger partial charge in [-0.05, 0) is 53.5 Å². The molecular weight excluding hydrogens is 329 g/mol. The molecule has 0 aliphatic rings. The molecule has 0 saturated carbocycles. The fraction of sp³-hybridized carbons (Fsp3) is 0.250. The lowest BCUT2D eigenvalue weighted by Crippen LogP contribution is -2.28. The zero-order valence-electron chi connectivity index (χ0n) is 12.5. The van der Waals surface area contributed by atoms with E-state index in [1.54, 1.807) is 6.07 Å². The summed E-state index contributed by atoms with van der Waals surface area (Å²) in [5.41, 5.74) is -3.29. The third-order valence-corrected chi connectivity index (χ3v) is 4.38. The Morgan fingerprint density at radius 3 is 2.30 bits per heavy atom. The number of benzene rings is 2. The van der Waals surface area contributed by atoms with Crippen molar-refractivity contribution in [2.45, 2.75) is 25.8 Å². The van der Waals surface area contributed by atoms with E-state index >= 15 is 0 Å². The van der Waals surface area contributed by atoms with Gasteiger partial charge in [0, 0.05) is 0 Å². The fourth-order valence-electron chi connectivity index (χ4n) is 2.22. The van der Waals surface area contributed by atoms with Crippen LogP contribution in [-0.2, 0) is 10.1 Å². The van der Waals surface area contributed by atoms with Crippen LogP contribution in [0.25, 0.3) is 16.3 Å². The molecule has 0 N–H and O–H groups in total. The van der Waals surface area contributed by atoms with Crippen molar-refractivity contribution in [3.63, 3.8) is 0 Å². The van der Waals surface area contributed by atoms with Crippen LogP contribution >= 0.6 is 0 Å². The fourth-order valence-corrected chi connectivity index (χ4v) is 2.68. The van der Waals surface area contributed by atoms with Crippen LogP contribution in [-0.4, -0.2) is 13.9 Å². The van der Waals surface area contributed by atoms with Gasteiger partial charge in [-0.3, -0.25) is 0 Å². The summed E-state index contributed by atoms with van der Waals surface area (Å²) in [5, 5.41) is 1.38. The molecule has 0 fully saturated rings. The molecule has 124 valence electrons. The Morgan fingerprint density at radius 1 is 1.13 bits per heavy atom. The van der Waals surface area contributed by atoms with Gasteiger partial charge in [-0.2, -0.15) is 21.6 Å². The first-order chi connectivity index (χ1) is 10.7. The zero-order valence-corrected chi connectivity index (χ0v) is 13.3. The van der Waals surface area contributed by atoms with Crippen LogP contribution < -0.4 is 4.18 Å². The van der Waals surface area contributed by atoms with Crippen molar-refractivity contribution in [3.8, 4) is 5.75 Å². The number of fused-ring (bicyclic) bond motifs is 1. The Labute approximate surface area is 132 Å². The number of hydrogen-bond acceptors (Lipinski definition) is 3. The minimum absolute atomic E-state index is 0.371. The molecule has 0 aliphatic heterocycles. The van der Waals surface area contributed by atoms with Gasteiger partial charge in [-0.15, -0.1) is 0 Å². The summed E-state index contributed by atoms with van der Waals surface area (Å²) in [4.78, 5) is 0. The molecule has 0 spiro atoms. The third-order valence-electron chi connectivity index (χ3n) is 3.40. The van der Waals surface area contributed by atoms with Gasteiger partial charge in [0.1, 0.15) is 5.75 Å². The van der Waals surface area contributed by atoms with Crippen LogP contribution in [0.2, 0.25) is 0 Å². The molecule has 0 radical (unpaired) electrons. The van der Waals surface area contributed by atoms with Gasteiger partial charge in [-0.1, -0.05) is 31.2 Å². The van der Waals surface area contributed by atoms with Crippen LogP contribution in [0.15, 0.2) is 42.5 Å². The van der Waals surface area contributed by atoms with Crippen molar-refractivity contribution >= 4 is 26.5 Å². The summed E-state index contributed by atoms with van der Waals surface area (Å²) in [6, 6.07) is 9.46. The summed E-state index contributed by atoms with van der Waals surface area (Å²) in [7, 11) is -5.66. The highest BCUT2D eigenvalue weighted by Crippen LogP contribution is 2.30. The molecule has 0 atom stereocenters. The van der Waals surface area contributed by atoms with Crippen LogP contribution in [0.3, 0.4) is 0 Å². The normalized spacial score (nSPS) is 13.3. The van der Waals surface area contributed by atoms with E-state index in [1.165, 1.54) is 18.2 Å². The third kappa shape index (κ3) is 3.67. The van der Waals surface area contributed by atoms with Crippen molar-refractivity contribution < 1.29 is 25.8 Å². The van der Waals surface area contributed by atoms with Crippen molar-refractivity contribution in [1.29, 1.82) is 0 Å². The number of alkyl halides is 3. The first-order valence-corrected chi connectivity index (χ1v) is 8.29. The maximum Gasteiger partial charge on any atom is 0.534 e. The van der Waals surface area contributed by atoms with Crippen molar-refractivity contribution in [3.05, 3.63) is 48.0 Å². The molecular formula is C16H15F3O3S. The Morgan fingerprint density at radius 2 is 1.74 bits per heavy atom. The van der Waals surface area contributed by atoms with Gasteiger partial charge < -0.3 is 4.18 Å². The van der Waals surface area contributed by atoms with E-state index in [2.05, 4.69) is 4.18 Å². The van der Waals surface area contributed by atoms with Crippen LogP contribution in [0.1, 0.15) is 25.8 Å². The standard InChI is InChI=1S/C16H15F3O3S/c1-3-11(4-2)12-5-6-14-10-15(8-7-13(14)9-12)22-23(20,21)16(17,18)19/h3,5-10H,4H2,1-2H3/b11-3-.